The first kappa shape index (κ1) is 15.6. The van der Waals surface area contributed by atoms with Crippen LogP contribution in [-0.2, 0) is 6.42 Å². The fraction of sp³-hybridized carbons (Fsp3) is 0.684. The van der Waals surface area contributed by atoms with E-state index in [1.54, 1.807) is 5.56 Å². The molecule has 0 aliphatic heterocycles. The lowest BCUT2D eigenvalue weighted by Gasteiger charge is -2.26. The third-order valence-electron chi connectivity index (χ3n) is 4.81. The first-order valence-corrected chi connectivity index (χ1v) is 8.64. The van der Waals surface area contributed by atoms with Crippen LogP contribution in [0, 0.1) is 5.92 Å². The van der Waals surface area contributed by atoms with E-state index in [4.69, 9.17) is 0 Å². The van der Waals surface area contributed by atoms with Gasteiger partial charge in [-0.1, -0.05) is 57.4 Å². The Balaban J connectivity index is 2.05. The lowest BCUT2D eigenvalue weighted by atomic mass is 9.82. The Morgan fingerprint density at radius 2 is 1.75 bits per heavy atom. The first-order chi connectivity index (χ1) is 9.85. The number of aryl methyl sites for hydroxylation is 1. The van der Waals surface area contributed by atoms with Crippen molar-refractivity contribution in [3.05, 3.63) is 35.4 Å². The number of nitrogens with one attached hydrogen (secondary N) is 1. The molecule has 112 valence electrons. The summed E-state index contributed by atoms with van der Waals surface area (Å²) in [7, 11) is 0. The van der Waals surface area contributed by atoms with Crippen LogP contribution in [0.4, 0.5) is 0 Å². The molecule has 1 aliphatic rings. The van der Waals surface area contributed by atoms with E-state index in [2.05, 4.69) is 43.4 Å². The molecule has 1 aromatic carbocycles. The van der Waals surface area contributed by atoms with Crippen molar-refractivity contribution in [3.63, 3.8) is 0 Å². The Morgan fingerprint density at radius 1 is 1.00 bits per heavy atom. The van der Waals surface area contributed by atoms with Gasteiger partial charge < -0.3 is 5.32 Å². The molecular weight excluding hydrogens is 242 g/mol. The van der Waals surface area contributed by atoms with Crippen molar-refractivity contribution >= 4 is 0 Å². The average molecular weight is 273 g/mol. The molecule has 1 fully saturated rings. The SMILES string of the molecule is CCCNCC1CCCCCC1c1ccc(CC)cc1. The number of hydrogen-bond donors (Lipinski definition) is 1. The van der Waals surface area contributed by atoms with Crippen LogP contribution >= 0.6 is 0 Å². The zero-order valence-electron chi connectivity index (χ0n) is 13.3. The summed E-state index contributed by atoms with van der Waals surface area (Å²) in [6.45, 7) is 6.85. The zero-order valence-corrected chi connectivity index (χ0v) is 13.3. The van der Waals surface area contributed by atoms with E-state index in [0.29, 0.717) is 0 Å². The van der Waals surface area contributed by atoms with Gasteiger partial charge in [0.05, 0.1) is 0 Å². The molecule has 0 amide bonds. The van der Waals surface area contributed by atoms with E-state index in [1.807, 2.05) is 0 Å². The van der Waals surface area contributed by atoms with Gasteiger partial charge in [-0.3, -0.25) is 0 Å². The summed E-state index contributed by atoms with van der Waals surface area (Å²) in [5.74, 6) is 1.60. The summed E-state index contributed by atoms with van der Waals surface area (Å²) in [6.07, 6.45) is 9.41. The van der Waals surface area contributed by atoms with Crippen LogP contribution in [-0.4, -0.2) is 13.1 Å². The van der Waals surface area contributed by atoms with Gasteiger partial charge in [0.2, 0.25) is 0 Å². The molecule has 1 aromatic rings. The Hall–Kier alpha value is -0.820. The molecule has 0 saturated heterocycles. The summed E-state index contributed by atoms with van der Waals surface area (Å²) < 4.78 is 0. The van der Waals surface area contributed by atoms with E-state index in [-0.39, 0.29) is 0 Å². The molecule has 20 heavy (non-hydrogen) atoms. The predicted octanol–water partition coefficient (Wildman–Crippen LogP) is 4.91. The van der Waals surface area contributed by atoms with Crippen LogP contribution in [0.3, 0.4) is 0 Å². The standard InChI is InChI=1S/C19H31N/c1-3-14-20-15-18-8-6-5-7-9-19(18)17-12-10-16(4-2)11-13-17/h10-13,18-20H,3-9,14-15H2,1-2H3. The van der Waals surface area contributed by atoms with E-state index < -0.39 is 0 Å². The van der Waals surface area contributed by atoms with Gasteiger partial charge in [0.25, 0.3) is 0 Å². The quantitative estimate of drug-likeness (QED) is 0.573. The van der Waals surface area contributed by atoms with Crippen LogP contribution in [0.5, 0.6) is 0 Å². The molecule has 0 bridgehead atoms. The van der Waals surface area contributed by atoms with Crippen molar-refractivity contribution in [1.29, 1.82) is 0 Å². The fourth-order valence-electron chi connectivity index (χ4n) is 3.53. The van der Waals surface area contributed by atoms with Gasteiger partial charge in [0, 0.05) is 0 Å². The fourth-order valence-corrected chi connectivity index (χ4v) is 3.53. The van der Waals surface area contributed by atoms with Crippen LogP contribution < -0.4 is 5.32 Å². The average Bonchev–Trinajstić information content (AvgIpc) is 2.73. The highest BCUT2D eigenvalue weighted by molar-refractivity contribution is 5.26. The van der Waals surface area contributed by atoms with Crippen LogP contribution in [0.1, 0.15) is 69.4 Å². The highest BCUT2D eigenvalue weighted by atomic mass is 14.9. The van der Waals surface area contributed by atoms with Crippen molar-refractivity contribution in [2.24, 2.45) is 5.92 Å². The van der Waals surface area contributed by atoms with Gasteiger partial charge in [-0.2, -0.15) is 0 Å². The van der Waals surface area contributed by atoms with Crippen molar-refractivity contribution in [3.8, 4) is 0 Å². The van der Waals surface area contributed by atoms with E-state index in [0.717, 1.165) is 24.8 Å². The maximum absolute atomic E-state index is 3.65. The normalized spacial score (nSPS) is 23.5. The van der Waals surface area contributed by atoms with Crippen molar-refractivity contribution in [2.75, 3.05) is 13.1 Å². The van der Waals surface area contributed by atoms with Crippen LogP contribution in [0.25, 0.3) is 0 Å². The Morgan fingerprint density at radius 3 is 2.45 bits per heavy atom. The summed E-state index contributed by atoms with van der Waals surface area (Å²) in [4.78, 5) is 0. The highest BCUT2D eigenvalue weighted by Crippen LogP contribution is 2.36. The Kier molecular flexibility index (Phi) is 6.59. The lowest BCUT2D eigenvalue weighted by Crippen LogP contribution is -2.27. The lowest BCUT2D eigenvalue weighted by molar-refractivity contribution is 0.375. The maximum atomic E-state index is 3.65. The van der Waals surface area contributed by atoms with E-state index >= 15 is 0 Å². The van der Waals surface area contributed by atoms with Crippen LogP contribution in [0.15, 0.2) is 24.3 Å². The van der Waals surface area contributed by atoms with Gasteiger partial charge in [-0.15, -0.1) is 0 Å². The molecular formula is C19H31N. The molecule has 1 N–H and O–H groups in total. The third-order valence-corrected chi connectivity index (χ3v) is 4.81. The first-order valence-electron chi connectivity index (χ1n) is 8.64. The molecule has 2 unspecified atom stereocenters. The molecule has 1 saturated carbocycles. The second kappa shape index (κ2) is 8.46. The topological polar surface area (TPSA) is 12.0 Å². The largest absolute Gasteiger partial charge is 0.316 e. The molecule has 0 spiro atoms. The minimum atomic E-state index is 0.771. The van der Waals surface area contributed by atoms with E-state index in [9.17, 15) is 0 Å². The Bertz CT molecular complexity index is 368. The maximum Gasteiger partial charge on any atom is -0.00147 e. The van der Waals surface area contributed by atoms with Gasteiger partial charge in [0.15, 0.2) is 0 Å². The van der Waals surface area contributed by atoms with Gasteiger partial charge in [-0.05, 0) is 61.7 Å². The van der Waals surface area contributed by atoms with Crippen molar-refractivity contribution < 1.29 is 0 Å². The second-order valence-electron chi connectivity index (χ2n) is 6.30. The highest BCUT2D eigenvalue weighted by Gasteiger charge is 2.24. The minimum Gasteiger partial charge on any atom is -0.316 e. The molecule has 2 atom stereocenters. The molecule has 1 heteroatoms. The summed E-state index contributed by atoms with van der Waals surface area (Å²) in [5, 5.41) is 3.65. The summed E-state index contributed by atoms with van der Waals surface area (Å²) >= 11 is 0. The molecule has 0 heterocycles. The zero-order chi connectivity index (χ0) is 14.2. The predicted molar refractivity (Wildman–Crippen MR) is 88.3 cm³/mol. The van der Waals surface area contributed by atoms with Crippen LogP contribution in [0.2, 0.25) is 0 Å². The van der Waals surface area contributed by atoms with Crippen molar-refractivity contribution in [2.45, 2.75) is 64.7 Å². The second-order valence-corrected chi connectivity index (χ2v) is 6.30. The number of rotatable bonds is 6. The summed E-state index contributed by atoms with van der Waals surface area (Å²) in [5.41, 5.74) is 3.04. The number of benzene rings is 1. The molecule has 1 aliphatic carbocycles. The molecule has 0 aromatic heterocycles. The van der Waals surface area contributed by atoms with Gasteiger partial charge >= 0.3 is 0 Å². The van der Waals surface area contributed by atoms with E-state index in [1.165, 1.54) is 50.6 Å². The van der Waals surface area contributed by atoms with Crippen molar-refractivity contribution in [1.82, 2.24) is 5.32 Å². The molecule has 1 nitrogen and oxygen atoms in total. The third kappa shape index (κ3) is 4.34. The monoisotopic (exact) mass is 273 g/mol. The van der Waals surface area contributed by atoms with Gasteiger partial charge in [0.1, 0.15) is 0 Å². The Labute approximate surface area is 125 Å². The molecule has 0 radical (unpaired) electrons. The van der Waals surface area contributed by atoms with Gasteiger partial charge in [-0.25, -0.2) is 0 Å². The summed E-state index contributed by atoms with van der Waals surface area (Å²) in [6, 6.07) is 9.44. The molecule has 2 rings (SSSR count). The minimum absolute atomic E-state index is 0.771. The number of hydrogen-bond acceptors (Lipinski definition) is 1. The smallest absolute Gasteiger partial charge is 0.00147 e.